The summed E-state index contributed by atoms with van der Waals surface area (Å²) in [4.78, 5) is 4.42. The molecule has 0 spiro atoms. The highest BCUT2D eigenvalue weighted by Gasteiger charge is 2.01. The Morgan fingerprint density at radius 2 is 1.75 bits per heavy atom. The molecule has 0 aliphatic rings. The maximum absolute atomic E-state index is 6.17. The maximum atomic E-state index is 6.17. The van der Waals surface area contributed by atoms with Crippen LogP contribution in [-0.4, -0.2) is 25.5 Å². The molecule has 0 saturated heterocycles. The molecule has 0 aromatic heterocycles. The second-order valence-electron chi connectivity index (χ2n) is 4.77. The minimum Gasteiger partial charge on any atom is -0.306 e. The summed E-state index contributed by atoms with van der Waals surface area (Å²) in [5.74, 6) is 0. The van der Waals surface area contributed by atoms with E-state index in [1.54, 1.807) is 11.8 Å². The molecule has 2 aromatic rings. The molecular formula is C17H18ClNS. The summed E-state index contributed by atoms with van der Waals surface area (Å²) >= 11 is 7.85. The van der Waals surface area contributed by atoms with Crippen LogP contribution < -0.4 is 0 Å². The molecule has 0 unspecified atom stereocenters. The molecular weight excluding hydrogens is 286 g/mol. The van der Waals surface area contributed by atoms with Crippen LogP contribution in [-0.2, 0) is 0 Å². The first-order valence-electron chi connectivity index (χ1n) is 6.49. The van der Waals surface area contributed by atoms with Crippen molar-refractivity contribution < 1.29 is 0 Å². The second kappa shape index (κ2) is 7.53. The highest BCUT2D eigenvalue weighted by Crippen LogP contribution is 2.33. The van der Waals surface area contributed by atoms with Gasteiger partial charge in [0, 0.05) is 16.3 Å². The number of hydrogen-bond acceptors (Lipinski definition) is 2. The van der Waals surface area contributed by atoms with Gasteiger partial charge in [-0.05, 0) is 43.9 Å². The van der Waals surface area contributed by atoms with Gasteiger partial charge in [-0.2, -0.15) is 0 Å². The highest BCUT2D eigenvalue weighted by molar-refractivity contribution is 7.99. The maximum Gasteiger partial charge on any atom is 0.0545 e. The number of benzene rings is 2. The highest BCUT2D eigenvalue weighted by atomic mass is 35.5. The molecule has 20 heavy (non-hydrogen) atoms. The van der Waals surface area contributed by atoms with E-state index in [-0.39, 0.29) is 0 Å². The minimum atomic E-state index is 0.799. The molecule has 0 saturated carbocycles. The van der Waals surface area contributed by atoms with Gasteiger partial charge in [0.25, 0.3) is 0 Å². The number of likely N-dealkylation sites (N-methyl/N-ethyl adjacent to an activating group) is 1. The molecule has 0 heterocycles. The van der Waals surface area contributed by atoms with Crippen molar-refractivity contribution >= 4 is 29.4 Å². The van der Waals surface area contributed by atoms with Crippen molar-refractivity contribution in [1.82, 2.24) is 4.90 Å². The van der Waals surface area contributed by atoms with Crippen LogP contribution in [0.4, 0.5) is 0 Å². The van der Waals surface area contributed by atoms with Gasteiger partial charge in [0.05, 0.1) is 5.02 Å². The zero-order chi connectivity index (χ0) is 14.4. The Balaban J connectivity index is 2.02. The molecule has 0 bridgehead atoms. The zero-order valence-corrected chi connectivity index (χ0v) is 13.3. The standard InChI is InChI=1S/C17H18ClNS/c1-19(2)13-5-6-14-9-11-15(12-10-14)20-17-8-4-3-7-16(17)18/h3-12H,13H2,1-2H3. The first kappa shape index (κ1) is 15.2. The van der Waals surface area contributed by atoms with E-state index in [2.05, 4.69) is 55.4 Å². The fraction of sp³-hybridized carbons (Fsp3) is 0.176. The van der Waals surface area contributed by atoms with Gasteiger partial charge in [0.15, 0.2) is 0 Å². The van der Waals surface area contributed by atoms with Crippen LogP contribution in [0, 0.1) is 0 Å². The predicted molar refractivity (Wildman–Crippen MR) is 89.6 cm³/mol. The molecule has 3 heteroatoms. The Bertz CT molecular complexity index is 576. The van der Waals surface area contributed by atoms with Crippen LogP contribution in [0.1, 0.15) is 5.56 Å². The van der Waals surface area contributed by atoms with Gasteiger partial charge in [-0.3, -0.25) is 0 Å². The quantitative estimate of drug-likeness (QED) is 0.759. The molecule has 0 radical (unpaired) electrons. The summed E-state index contributed by atoms with van der Waals surface area (Å²) < 4.78 is 0. The van der Waals surface area contributed by atoms with E-state index in [1.165, 1.54) is 10.5 Å². The lowest BCUT2D eigenvalue weighted by Gasteiger charge is -2.05. The molecule has 0 fully saturated rings. The van der Waals surface area contributed by atoms with Crippen LogP contribution >= 0.6 is 23.4 Å². The van der Waals surface area contributed by atoms with Gasteiger partial charge in [0.1, 0.15) is 0 Å². The van der Waals surface area contributed by atoms with Crippen LogP contribution in [0.2, 0.25) is 5.02 Å². The van der Waals surface area contributed by atoms with Crippen LogP contribution in [0.3, 0.4) is 0 Å². The summed E-state index contributed by atoms with van der Waals surface area (Å²) in [5, 5.41) is 0.799. The third-order valence-corrected chi connectivity index (χ3v) is 4.25. The molecule has 0 amide bonds. The lowest BCUT2D eigenvalue weighted by molar-refractivity contribution is 0.457. The van der Waals surface area contributed by atoms with Crippen LogP contribution in [0.25, 0.3) is 6.08 Å². The van der Waals surface area contributed by atoms with Crippen molar-refractivity contribution in [1.29, 1.82) is 0 Å². The van der Waals surface area contributed by atoms with Gasteiger partial charge in [-0.15, -0.1) is 0 Å². The van der Waals surface area contributed by atoms with Crippen LogP contribution in [0.15, 0.2) is 64.4 Å². The fourth-order valence-electron chi connectivity index (χ4n) is 1.70. The molecule has 0 N–H and O–H groups in total. The van der Waals surface area contributed by atoms with Gasteiger partial charge >= 0.3 is 0 Å². The van der Waals surface area contributed by atoms with E-state index in [0.29, 0.717) is 0 Å². The topological polar surface area (TPSA) is 3.24 Å². The number of rotatable bonds is 5. The fourth-order valence-corrected chi connectivity index (χ4v) is 2.79. The molecule has 0 atom stereocenters. The number of halogens is 1. The smallest absolute Gasteiger partial charge is 0.0545 e. The molecule has 2 aromatic carbocycles. The van der Waals surface area contributed by atoms with E-state index in [4.69, 9.17) is 11.6 Å². The van der Waals surface area contributed by atoms with Crippen molar-refractivity contribution in [3.8, 4) is 0 Å². The average molecular weight is 304 g/mol. The predicted octanol–water partition coefficient (Wildman–Crippen LogP) is 5.07. The first-order chi connectivity index (χ1) is 9.65. The lowest BCUT2D eigenvalue weighted by Crippen LogP contribution is -2.10. The van der Waals surface area contributed by atoms with Crippen molar-refractivity contribution in [2.75, 3.05) is 20.6 Å². The summed E-state index contributed by atoms with van der Waals surface area (Å²) in [6.45, 7) is 0.954. The Morgan fingerprint density at radius 3 is 2.40 bits per heavy atom. The van der Waals surface area contributed by atoms with Crippen molar-refractivity contribution in [3.05, 3.63) is 65.2 Å². The van der Waals surface area contributed by atoms with Crippen molar-refractivity contribution in [3.63, 3.8) is 0 Å². The van der Waals surface area contributed by atoms with E-state index in [1.807, 2.05) is 24.3 Å². The molecule has 2 rings (SSSR count). The molecule has 1 nitrogen and oxygen atoms in total. The SMILES string of the molecule is CN(C)CC=Cc1ccc(Sc2ccccc2Cl)cc1. The molecule has 0 aliphatic carbocycles. The Hall–Kier alpha value is -1.22. The zero-order valence-electron chi connectivity index (χ0n) is 11.7. The third-order valence-electron chi connectivity index (χ3n) is 2.73. The van der Waals surface area contributed by atoms with E-state index in [0.717, 1.165) is 16.5 Å². The average Bonchev–Trinajstić information content (AvgIpc) is 2.43. The van der Waals surface area contributed by atoms with E-state index in [9.17, 15) is 0 Å². The van der Waals surface area contributed by atoms with E-state index < -0.39 is 0 Å². The third kappa shape index (κ3) is 4.71. The second-order valence-corrected chi connectivity index (χ2v) is 6.29. The lowest BCUT2D eigenvalue weighted by atomic mass is 10.2. The largest absolute Gasteiger partial charge is 0.306 e. The molecule has 0 aliphatic heterocycles. The molecule has 104 valence electrons. The Kier molecular flexibility index (Phi) is 5.72. The number of hydrogen-bond donors (Lipinski definition) is 0. The Labute approximate surface area is 130 Å². The van der Waals surface area contributed by atoms with Crippen molar-refractivity contribution in [2.24, 2.45) is 0 Å². The van der Waals surface area contributed by atoms with Gasteiger partial charge in [-0.25, -0.2) is 0 Å². The summed E-state index contributed by atoms with van der Waals surface area (Å²) in [7, 11) is 4.13. The van der Waals surface area contributed by atoms with Gasteiger partial charge in [-0.1, -0.05) is 59.8 Å². The summed E-state index contributed by atoms with van der Waals surface area (Å²) in [6, 6.07) is 16.4. The monoisotopic (exact) mass is 303 g/mol. The van der Waals surface area contributed by atoms with Crippen LogP contribution in [0.5, 0.6) is 0 Å². The summed E-state index contributed by atoms with van der Waals surface area (Å²) in [5.41, 5.74) is 1.22. The van der Waals surface area contributed by atoms with Gasteiger partial charge in [0.2, 0.25) is 0 Å². The minimum absolute atomic E-state index is 0.799. The van der Waals surface area contributed by atoms with E-state index >= 15 is 0 Å². The van der Waals surface area contributed by atoms with Gasteiger partial charge < -0.3 is 4.90 Å². The van der Waals surface area contributed by atoms with Crippen molar-refractivity contribution in [2.45, 2.75) is 9.79 Å². The number of nitrogens with zero attached hydrogens (tertiary/aromatic N) is 1. The Morgan fingerprint density at radius 1 is 1.05 bits per heavy atom. The normalized spacial score (nSPS) is 11.4. The first-order valence-corrected chi connectivity index (χ1v) is 7.68. The summed E-state index contributed by atoms with van der Waals surface area (Å²) in [6.07, 6.45) is 4.31.